The minimum absolute atomic E-state index is 0.0567. The van der Waals surface area contributed by atoms with Crippen LogP contribution < -0.4 is 9.64 Å². The Morgan fingerprint density at radius 3 is 2.38 bits per heavy atom. The van der Waals surface area contributed by atoms with Gasteiger partial charge in [-0.3, -0.25) is 4.79 Å². The van der Waals surface area contributed by atoms with Gasteiger partial charge in [0.15, 0.2) is 0 Å². The summed E-state index contributed by atoms with van der Waals surface area (Å²) in [6.45, 7) is 0. The topological polar surface area (TPSA) is 66.8 Å². The summed E-state index contributed by atoms with van der Waals surface area (Å²) in [7, 11) is 5.00. The number of carboxylic acids is 1. The lowest BCUT2D eigenvalue weighted by Crippen LogP contribution is -2.15. The Kier molecular flexibility index (Phi) is 3.50. The number of rotatable bonds is 4. The third-order valence-corrected chi connectivity index (χ3v) is 2.14. The SMILES string of the molecule is COc1ccc(N(C)C)cc1C(=O)C(=O)O. The van der Waals surface area contributed by atoms with Crippen LogP contribution in [0, 0.1) is 0 Å². The number of methoxy groups -OCH3 is 1. The molecule has 0 aliphatic rings. The van der Waals surface area contributed by atoms with Crippen LogP contribution in [-0.4, -0.2) is 38.1 Å². The van der Waals surface area contributed by atoms with Gasteiger partial charge in [-0.2, -0.15) is 0 Å². The molecule has 5 nitrogen and oxygen atoms in total. The van der Waals surface area contributed by atoms with Gasteiger partial charge < -0.3 is 14.7 Å². The van der Waals surface area contributed by atoms with Crippen LogP contribution in [0.5, 0.6) is 5.75 Å². The molecule has 0 aliphatic carbocycles. The van der Waals surface area contributed by atoms with Crippen molar-refractivity contribution in [1.82, 2.24) is 0 Å². The molecule has 0 saturated carbocycles. The van der Waals surface area contributed by atoms with Crippen molar-refractivity contribution >= 4 is 17.4 Å². The van der Waals surface area contributed by atoms with Gasteiger partial charge in [-0.05, 0) is 18.2 Å². The maximum Gasteiger partial charge on any atom is 0.377 e. The Morgan fingerprint density at radius 2 is 1.94 bits per heavy atom. The molecule has 86 valence electrons. The van der Waals surface area contributed by atoms with E-state index in [4.69, 9.17) is 9.84 Å². The van der Waals surface area contributed by atoms with Gasteiger partial charge >= 0.3 is 5.97 Å². The summed E-state index contributed by atoms with van der Waals surface area (Å²) in [5.41, 5.74) is 0.798. The molecule has 0 heterocycles. The number of ketones is 1. The number of carboxylic acid groups (broad SMARTS) is 1. The van der Waals surface area contributed by atoms with Gasteiger partial charge in [-0.25, -0.2) is 4.79 Å². The molecule has 1 aromatic rings. The highest BCUT2D eigenvalue weighted by Gasteiger charge is 2.20. The molecule has 0 bridgehead atoms. The number of carbonyl (C=O) groups is 2. The summed E-state index contributed by atoms with van der Waals surface area (Å²) < 4.78 is 4.95. The third-order valence-electron chi connectivity index (χ3n) is 2.14. The van der Waals surface area contributed by atoms with Gasteiger partial charge in [0.1, 0.15) is 5.75 Å². The van der Waals surface area contributed by atoms with Gasteiger partial charge in [0, 0.05) is 19.8 Å². The fourth-order valence-electron chi connectivity index (χ4n) is 1.27. The second-order valence-corrected chi connectivity index (χ2v) is 3.41. The number of anilines is 1. The Balaban J connectivity index is 3.27. The molecule has 1 N–H and O–H groups in total. The van der Waals surface area contributed by atoms with Crippen LogP contribution in [0.15, 0.2) is 18.2 Å². The van der Waals surface area contributed by atoms with Crippen molar-refractivity contribution in [2.24, 2.45) is 0 Å². The summed E-state index contributed by atoms with van der Waals surface area (Å²) in [5, 5.41) is 8.67. The van der Waals surface area contributed by atoms with Crippen molar-refractivity contribution in [1.29, 1.82) is 0 Å². The number of Topliss-reactive ketones (excluding diaryl/α,β-unsaturated/α-hetero) is 1. The number of ether oxygens (including phenoxy) is 1. The summed E-state index contributed by atoms with van der Waals surface area (Å²) in [4.78, 5) is 23.8. The molecule has 0 radical (unpaired) electrons. The third kappa shape index (κ3) is 2.31. The zero-order valence-electron chi connectivity index (χ0n) is 9.35. The van der Waals surface area contributed by atoms with E-state index in [-0.39, 0.29) is 11.3 Å². The average molecular weight is 223 g/mol. The van der Waals surface area contributed by atoms with E-state index in [0.717, 1.165) is 5.69 Å². The van der Waals surface area contributed by atoms with Crippen LogP contribution in [0.25, 0.3) is 0 Å². The smallest absolute Gasteiger partial charge is 0.377 e. The monoisotopic (exact) mass is 223 g/mol. The van der Waals surface area contributed by atoms with Crippen LogP contribution in [0.3, 0.4) is 0 Å². The largest absolute Gasteiger partial charge is 0.496 e. The number of nitrogens with zero attached hydrogens (tertiary/aromatic N) is 1. The van der Waals surface area contributed by atoms with E-state index < -0.39 is 11.8 Å². The average Bonchev–Trinajstić information content (AvgIpc) is 2.26. The first-order valence-corrected chi connectivity index (χ1v) is 4.60. The lowest BCUT2D eigenvalue weighted by atomic mass is 10.1. The fraction of sp³-hybridized carbons (Fsp3) is 0.273. The maximum absolute atomic E-state index is 11.4. The van der Waals surface area contributed by atoms with Crippen molar-refractivity contribution in [3.8, 4) is 5.75 Å². The van der Waals surface area contributed by atoms with Crippen LogP contribution in [0.1, 0.15) is 10.4 Å². The standard InChI is InChI=1S/C11H13NO4/c1-12(2)7-4-5-9(16-3)8(6-7)10(13)11(14)15/h4-6H,1-3H3,(H,14,15). The lowest BCUT2D eigenvalue weighted by Gasteiger charge is -2.14. The van der Waals surface area contributed by atoms with E-state index in [1.165, 1.54) is 13.2 Å². The molecule has 0 amide bonds. The predicted octanol–water partition coefficient (Wildman–Crippen LogP) is 1.03. The Morgan fingerprint density at radius 1 is 1.31 bits per heavy atom. The van der Waals surface area contributed by atoms with E-state index in [9.17, 15) is 9.59 Å². The number of hydrogen-bond donors (Lipinski definition) is 1. The molecule has 16 heavy (non-hydrogen) atoms. The maximum atomic E-state index is 11.4. The van der Waals surface area contributed by atoms with Gasteiger partial charge in [0.2, 0.25) is 0 Å². The minimum Gasteiger partial charge on any atom is -0.496 e. The summed E-state index contributed by atoms with van der Waals surface area (Å²) in [6.07, 6.45) is 0. The van der Waals surface area contributed by atoms with Gasteiger partial charge in [0.25, 0.3) is 5.78 Å². The molecule has 0 saturated heterocycles. The summed E-state index contributed by atoms with van der Waals surface area (Å²) >= 11 is 0. The Bertz CT molecular complexity index is 426. The summed E-state index contributed by atoms with van der Waals surface area (Å²) in [5.74, 6) is -2.20. The number of aliphatic carboxylic acids is 1. The molecule has 1 aromatic carbocycles. The molecule has 1 rings (SSSR count). The second-order valence-electron chi connectivity index (χ2n) is 3.41. The van der Waals surface area contributed by atoms with Crippen molar-refractivity contribution in [3.63, 3.8) is 0 Å². The number of carbonyl (C=O) groups excluding carboxylic acids is 1. The van der Waals surface area contributed by atoms with Crippen LogP contribution in [-0.2, 0) is 4.79 Å². The molecule has 0 aliphatic heterocycles. The zero-order valence-corrected chi connectivity index (χ0v) is 9.35. The summed E-state index contributed by atoms with van der Waals surface area (Å²) in [6, 6.07) is 4.82. The first kappa shape index (κ1) is 12.0. The highest BCUT2D eigenvalue weighted by molar-refractivity contribution is 6.40. The molecular formula is C11H13NO4. The normalized spacial score (nSPS) is 9.69. The Hall–Kier alpha value is -2.04. The van der Waals surface area contributed by atoms with Crippen molar-refractivity contribution < 1.29 is 19.4 Å². The van der Waals surface area contributed by atoms with E-state index in [1.54, 1.807) is 31.1 Å². The van der Waals surface area contributed by atoms with Crippen LogP contribution in [0.4, 0.5) is 5.69 Å². The predicted molar refractivity (Wildman–Crippen MR) is 59.3 cm³/mol. The van der Waals surface area contributed by atoms with Gasteiger partial charge in [0.05, 0.1) is 12.7 Å². The Labute approximate surface area is 93.2 Å². The highest BCUT2D eigenvalue weighted by Crippen LogP contribution is 2.24. The van der Waals surface area contributed by atoms with E-state index >= 15 is 0 Å². The molecule has 0 aromatic heterocycles. The first-order chi connectivity index (χ1) is 7.47. The van der Waals surface area contributed by atoms with E-state index in [2.05, 4.69) is 0 Å². The quantitative estimate of drug-likeness (QED) is 0.610. The van der Waals surface area contributed by atoms with Crippen molar-refractivity contribution in [2.75, 3.05) is 26.1 Å². The molecule has 0 fully saturated rings. The van der Waals surface area contributed by atoms with Gasteiger partial charge in [-0.15, -0.1) is 0 Å². The van der Waals surface area contributed by atoms with Crippen LogP contribution in [0.2, 0.25) is 0 Å². The van der Waals surface area contributed by atoms with E-state index in [1.807, 2.05) is 0 Å². The molecule has 0 unspecified atom stereocenters. The first-order valence-electron chi connectivity index (χ1n) is 4.60. The number of benzene rings is 1. The second kappa shape index (κ2) is 4.65. The number of hydrogen-bond acceptors (Lipinski definition) is 4. The van der Waals surface area contributed by atoms with Crippen molar-refractivity contribution in [2.45, 2.75) is 0 Å². The minimum atomic E-state index is -1.49. The lowest BCUT2D eigenvalue weighted by molar-refractivity contribution is -0.131. The molecule has 0 atom stereocenters. The fourth-order valence-corrected chi connectivity index (χ4v) is 1.27. The van der Waals surface area contributed by atoms with Gasteiger partial charge in [-0.1, -0.05) is 0 Å². The molecular weight excluding hydrogens is 210 g/mol. The van der Waals surface area contributed by atoms with Crippen LogP contribution >= 0.6 is 0 Å². The van der Waals surface area contributed by atoms with Crippen molar-refractivity contribution in [3.05, 3.63) is 23.8 Å². The van der Waals surface area contributed by atoms with E-state index in [0.29, 0.717) is 0 Å². The zero-order chi connectivity index (χ0) is 12.3. The molecule has 5 heteroatoms. The molecule has 0 spiro atoms. The highest BCUT2D eigenvalue weighted by atomic mass is 16.5.